The van der Waals surface area contributed by atoms with Crippen molar-refractivity contribution in [1.29, 1.82) is 0 Å². The van der Waals surface area contributed by atoms with E-state index < -0.39 is 11.0 Å². The summed E-state index contributed by atoms with van der Waals surface area (Å²) < 4.78 is 5.48. The van der Waals surface area contributed by atoms with Gasteiger partial charge in [0.05, 0.1) is 17.4 Å². The Kier molecular flexibility index (Phi) is 4.82. The molecule has 0 aliphatic carbocycles. The number of aromatic amines is 1. The number of esters is 1. The van der Waals surface area contributed by atoms with Crippen LogP contribution in [0.4, 0.5) is 0 Å². The second-order valence-corrected chi connectivity index (χ2v) is 8.24. The van der Waals surface area contributed by atoms with Crippen LogP contribution in [0, 0.1) is 11.3 Å². The van der Waals surface area contributed by atoms with E-state index in [1.54, 1.807) is 18.6 Å². The average Bonchev–Trinajstić information content (AvgIpc) is 3.14. The zero-order valence-corrected chi connectivity index (χ0v) is 16.4. The number of fused-ring (bicyclic) bond motifs is 1. The molecule has 0 aliphatic rings. The van der Waals surface area contributed by atoms with Crippen LogP contribution in [0.15, 0.2) is 48.9 Å². The summed E-state index contributed by atoms with van der Waals surface area (Å²) in [4.78, 5) is 19.3. The lowest BCUT2D eigenvalue weighted by Gasteiger charge is -2.31. The number of H-pyrrole nitrogens is 1. The molecule has 0 fully saturated rings. The molecule has 3 rings (SSSR count). The molecule has 1 heterocycles. The standard InChI is InChI=1S/C22H26N2O3/c1-14(2)22(26,19-12-23-13-24-19)17-8-6-16-11-18(9-7-15(16)10-17)27-20(25)21(3,4)5/h6-14,26H,1-5H3,(H,23,24). The third kappa shape index (κ3) is 3.60. The fourth-order valence-corrected chi connectivity index (χ4v) is 3.03. The number of benzene rings is 2. The van der Waals surface area contributed by atoms with Crippen LogP contribution < -0.4 is 4.74 Å². The van der Waals surface area contributed by atoms with Crippen molar-refractivity contribution < 1.29 is 14.6 Å². The zero-order chi connectivity index (χ0) is 19.8. The van der Waals surface area contributed by atoms with Gasteiger partial charge in [-0.1, -0.05) is 32.0 Å². The van der Waals surface area contributed by atoms with E-state index in [1.807, 2.05) is 65.0 Å². The van der Waals surface area contributed by atoms with E-state index in [4.69, 9.17) is 4.74 Å². The van der Waals surface area contributed by atoms with Crippen molar-refractivity contribution >= 4 is 16.7 Å². The van der Waals surface area contributed by atoms with Gasteiger partial charge in [-0.05, 0) is 61.2 Å². The van der Waals surface area contributed by atoms with Crippen LogP contribution >= 0.6 is 0 Å². The molecule has 5 nitrogen and oxygen atoms in total. The van der Waals surface area contributed by atoms with E-state index in [-0.39, 0.29) is 11.9 Å². The number of aromatic nitrogens is 2. The molecule has 0 amide bonds. The van der Waals surface area contributed by atoms with Crippen LogP contribution in [0.2, 0.25) is 0 Å². The van der Waals surface area contributed by atoms with Crippen molar-refractivity contribution in [3.63, 3.8) is 0 Å². The molecule has 2 aromatic carbocycles. The van der Waals surface area contributed by atoms with Gasteiger partial charge in [-0.2, -0.15) is 0 Å². The Balaban J connectivity index is 1.99. The molecule has 0 spiro atoms. The third-order valence-corrected chi connectivity index (χ3v) is 4.80. The highest BCUT2D eigenvalue weighted by Crippen LogP contribution is 2.37. The first-order valence-corrected chi connectivity index (χ1v) is 9.10. The van der Waals surface area contributed by atoms with E-state index in [1.165, 1.54) is 0 Å². The Morgan fingerprint density at radius 2 is 1.78 bits per heavy atom. The summed E-state index contributed by atoms with van der Waals surface area (Å²) in [6.07, 6.45) is 3.29. The van der Waals surface area contributed by atoms with Crippen molar-refractivity contribution in [2.75, 3.05) is 0 Å². The number of imidazole rings is 1. The fraction of sp³-hybridized carbons (Fsp3) is 0.364. The third-order valence-electron chi connectivity index (χ3n) is 4.80. The Bertz CT molecular complexity index is 955. The van der Waals surface area contributed by atoms with Gasteiger partial charge in [-0.15, -0.1) is 0 Å². The molecular weight excluding hydrogens is 340 g/mol. The number of carbonyl (C=O) groups is 1. The van der Waals surface area contributed by atoms with Gasteiger partial charge >= 0.3 is 5.97 Å². The molecule has 0 radical (unpaired) electrons. The van der Waals surface area contributed by atoms with Crippen LogP contribution in [0.25, 0.3) is 10.8 Å². The molecule has 1 atom stereocenters. The maximum atomic E-state index is 12.1. The fourth-order valence-electron chi connectivity index (χ4n) is 3.03. The van der Waals surface area contributed by atoms with Gasteiger partial charge in [0.1, 0.15) is 11.4 Å². The van der Waals surface area contributed by atoms with Gasteiger partial charge in [0.15, 0.2) is 0 Å². The summed E-state index contributed by atoms with van der Waals surface area (Å²) in [5, 5.41) is 13.3. The number of carbonyl (C=O) groups excluding carboxylic acids is 1. The van der Waals surface area contributed by atoms with Gasteiger partial charge in [0.25, 0.3) is 0 Å². The molecule has 0 saturated carbocycles. The van der Waals surface area contributed by atoms with E-state index >= 15 is 0 Å². The average molecular weight is 366 g/mol. The molecule has 2 N–H and O–H groups in total. The summed E-state index contributed by atoms with van der Waals surface area (Å²) in [7, 11) is 0. The topological polar surface area (TPSA) is 75.2 Å². The first-order chi connectivity index (χ1) is 12.6. The Hall–Kier alpha value is -2.66. The quantitative estimate of drug-likeness (QED) is 0.530. The number of hydrogen-bond donors (Lipinski definition) is 2. The molecule has 0 saturated heterocycles. The van der Waals surface area contributed by atoms with Crippen molar-refractivity contribution in [1.82, 2.24) is 9.97 Å². The second kappa shape index (κ2) is 6.82. The highest BCUT2D eigenvalue weighted by Gasteiger charge is 2.37. The molecular formula is C22H26N2O3. The molecule has 27 heavy (non-hydrogen) atoms. The summed E-state index contributed by atoms with van der Waals surface area (Å²) in [5.41, 5.74) is -0.383. The predicted octanol–water partition coefficient (Wildman–Crippen LogP) is 4.41. The Morgan fingerprint density at radius 3 is 2.37 bits per heavy atom. The van der Waals surface area contributed by atoms with Crippen LogP contribution in [0.1, 0.15) is 45.9 Å². The Labute approximate surface area is 159 Å². The number of aliphatic hydroxyl groups is 1. The SMILES string of the molecule is CC(C)C(O)(c1ccc2cc(OC(=O)C(C)(C)C)ccc2c1)c1c[nH]cn1. The minimum absolute atomic E-state index is 0.0646. The first-order valence-electron chi connectivity index (χ1n) is 9.10. The number of rotatable bonds is 4. The molecule has 0 aliphatic heterocycles. The smallest absolute Gasteiger partial charge is 0.316 e. The van der Waals surface area contributed by atoms with Gasteiger partial charge in [-0.25, -0.2) is 4.98 Å². The van der Waals surface area contributed by atoms with Crippen molar-refractivity contribution in [2.45, 2.75) is 40.2 Å². The molecule has 0 bridgehead atoms. The van der Waals surface area contributed by atoms with E-state index in [9.17, 15) is 9.90 Å². The van der Waals surface area contributed by atoms with Gasteiger partial charge < -0.3 is 14.8 Å². The van der Waals surface area contributed by atoms with Crippen LogP contribution in [0.5, 0.6) is 5.75 Å². The zero-order valence-electron chi connectivity index (χ0n) is 16.4. The number of nitrogens with zero attached hydrogens (tertiary/aromatic N) is 1. The monoisotopic (exact) mass is 366 g/mol. The summed E-state index contributed by atoms with van der Waals surface area (Å²) in [6, 6.07) is 11.3. The number of hydrogen-bond acceptors (Lipinski definition) is 4. The van der Waals surface area contributed by atoms with E-state index in [2.05, 4.69) is 9.97 Å². The molecule has 3 aromatic rings. The maximum absolute atomic E-state index is 12.1. The largest absolute Gasteiger partial charge is 0.426 e. The minimum Gasteiger partial charge on any atom is -0.426 e. The lowest BCUT2D eigenvalue weighted by Crippen LogP contribution is -2.33. The van der Waals surface area contributed by atoms with Crippen molar-refractivity contribution in [3.05, 3.63) is 60.2 Å². The summed E-state index contributed by atoms with van der Waals surface area (Å²) in [6.45, 7) is 9.40. The lowest BCUT2D eigenvalue weighted by atomic mass is 9.80. The number of ether oxygens (including phenoxy) is 1. The highest BCUT2D eigenvalue weighted by molar-refractivity contribution is 5.86. The highest BCUT2D eigenvalue weighted by atomic mass is 16.5. The first kappa shape index (κ1) is 19.1. The normalized spacial score (nSPS) is 14.3. The minimum atomic E-state index is -1.19. The van der Waals surface area contributed by atoms with Crippen LogP contribution in [-0.4, -0.2) is 21.0 Å². The van der Waals surface area contributed by atoms with Gasteiger partial charge in [0.2, 0.25) is 0 Å². The lowest BCUT2D eigenvalue weighted by molar-refractivity contribution is -0.142. The second-order valence-electron chi connectivity index (χ2n) is 8.24. The Morgan fingerprint density at radius 1 is 1.11 bits per heavy atom. The maximum Gasteiger partial charge on any atom is 0.316 e. The van der Waals surface area contributed by atoms with Crippen molar-refractivity contribution in [2.24, 2.45) is 11.3 Å². The van der Waals surface area contributed by atoms with Gasteiger partial charge in [0, 0.05) is 6.20 Å². The van der Waals surface area contributed by atoms with E-state index in [0.717, 1.165) is 16.3 Å². The molecule has 1 aromatic heterocycles. The van der Waals surface area contributed by atoms with Crippen LogP contribution in [0.3, 0.4) is 0 Å². The van der Waals surface area contributed by atoms with E-state index in [0.29, 0.717) is 11.4 Å². The predicted molar refractivity (Wildman–Crippen MR) is 105 cm³/mol. The molecule has 1 unspecified atom stereocenters. The molecule has 142 valence electrons. The summed E-state index contributed by atoms with van der Waals surface area (Å²) >= 11 is 0. The van der Waals surface area contributed by atoms with Crippen LogP contribution in [-0.2, 0) is 10.4 Å². The summed E-state index contributed by atoms with van der Waals surface area (Å²) in [5.74, 6) is 0.179. The van der Waals surface area contributed by atoms with Gasteiger partial charge in [-0.3, -0.25) is 4.79 Å². The number of nitrogens with one attached hydrogen (secondary N) is 1. The molecule has 5 heteroatoms. The van der Waals surface area contributed by atoms with Crippen molar-refractivity contribution in [3.8, 4) is 5.75 Å².